The van der Waals surface area contributed by atoms with Gasteiger partial charge in [-0.25, -0.2) is 13.1 Å². The highest BCUT2D eigenvalue weighted by atomic mass is 32.2. The normalized spacial score (nSPS) is 21.5. The predicted molar refractivity (Wildman–Crippen MR) is 95.8 cm³/mol. The van der Waals surface area contributed by atoms with Crippen LogP contribution < -0.4 is 10.0 Å². The number of nitrogens with one attached hydrogen (secondary N) is 2. The van der Waals surface area contributed by atoms with E-state index in [-0.39, 0.29) is 16.9 Å². The van der Waals surface area contributed by atoms with Crippen molar-refractivity contribution >= 4 is 21.6 Å². The minimum Gasteiger partial charge on any atom is -0.377 e. The number of hydrogen-bond acceptors (Lipinski definition) is 4. The van der Waals surface area contributed by atoms with Crippen LogP contribution in [0.1, 0.15) is 44.9 Å². The van der Waals surface area contributed by atoms with Crippen LogP contribution in [0, 0.1) is 5.92 Å². The van der Waals surface area contributed by atoms with Crippen molar-refractivity contribution in [3.8, 4) is 0 Å². The number of benzene rings is 1. The zero-order valence-corrected chi connectivity index (χ0v) is 15.2. The first-order valence-corrected chi connectivity index (χ1v) is 10.5. The Kier molecular flexibility index (Phi) is 6.09. The van der Waals surface area contributed by atoms with Crippen LogP contribution in [0.25, 0.3) is 0 Å². The second-order valence-electron chi connectivity index (χ2n) is 6.91. The minimum atomic E-state index is -3.55. The fourth-order valence-corrected chi connectivity index (χ4v) is 4.56. The van der Waals surface area contributed by atoms with Crippen molar-refractivity contribution in [2.75, 3.05) is 18.5 Å². The van der Waals surface area contributed by atoms with E-state index in [1.54, 1.807) is 12.1 Å². The molecule has 1 aromatic carbocycles. The Labute approximate surface area is 149 Å². The third-order valence-electron chi connectivity index (χ3n) is 4.92. The van der Waals surface area contributed by atoms with E-state index in [4.69, 9.17) is 4.74 Å². The Morgan fingerprint density at radius 1 is 1.08 bits per heavy atom. The molecular formula is C18H26N2O4S. The summed E-state index contributed by atoms with van der Waals surface area (Å²) in [7, 11) is -3.55. The van der Waals surface area contributed by atoms with Gasteiger partial charge in [-0.05, 0) is 55.9 Å². The van der Waals surface area contributed by atoms with Gasteiger partial charge in [0.25, 0.3) is 0 Å². The molecular weight excluding hydrogens is 340 g/mol. The van der Waals surface area contributed by atoms with E-state index >= 15 is 0 Å². The lowest BCUT2D eigenvalue weighted by atomic mass is 10.0. The molecule has 0 bridgehead atoms. The van der Waals surface area contributed by atoms with Crippen LogP contribution in [0.5, 0.6) is 0 Å². The van der Waals surface area contributed by atoms with E-state index in [0.29, 0.717) is 31.2 Å². The Morgan fingerprint density at radius 3 is 2.44 bits per heavy atom. The van der Waals surface area contributed by atoms with Crippen molar-refractivity contribution < 1.29 is 17.9 Å². The van der Waals surface area contributed by atoms with Gasteiger partial charge in [-0.3, -0.25) is 4.79 Å². The fourth-order valence-electron chi connectivity index (χ4n) is 3.50. The average Bonchev–Trinajstić information content (AvgIpc) is 3.27. The third-order valence-corrected chi connectivity index (χ3v) is 6.36. The molecule has 1 aliphatic heterocycles. The van der Waals surface area contributed by atoms with Gasteiger partial charge in [0, 0.05) is 25.3 Å². The summed E-state index contributed by atoms with van der Waals surface area (Å²) in [6.07, 6.45) is 7.04. The van der Waals surface area contributed by atoms with Gasteiger partial charge >= 0.3 is 0 Å². The van der Waals surface area contributed by atoms with Crippen LogP contribution in [0.4, 0.5) is 5.69 Å². The molecule has 1 aromatic rings. The zero-order valence-electron chi connectivity index (χ0n) is 14.4. The molecule has 1 saturated carbocycles. The fraction of sp³-hybridized carbons (Fsp3) is 0.611. The predicted octanol–water partition coefficient (Wildman–Crippen LogP) is 2.66. The second kappa shape index (κ2) is 8.29. The van der Waals surface area contributed by atoms with Crippen molar-refractivity contribution in [3.63, 3.8) is 0 Å². The van der Waals surface area contributed by atoms with Gasteiger partial charge in [0.05, 0.1) is 11.0 Å². The maximum atomic E-state index is 12.3. The maximum Gasteiger partial charge on any atom is 0.240 e. The molecule has 2 fully saturated rings. The number of hydrogen-bond donors (Lipinski definition) is 2. The molecule has 2 N–H and O–H groups in total. The van der Waals surface area contributed by atoms with E-state index in [1.165, 1.54) is 25.0 Å². The number of ether oxygens (including phenoxy) is 1. The molecule has 1 amide bonds. The molecule has 2 aliphatic rings. The number of sulfonamides is 1. The number of amides is 1. The highest BCUT2D eigenvalue weighted by Crippen LogP contribution is 2.27. The van der Waals surface area contributed by atoms with E-state index < -0.39 is 10.0 Å². The van der Waals surface area contributed by atoms with E-state index in [2.05, 4.69) is 10.0 Å². The SMILES string of the molecule is O=C(CC1CCCC1)Nc1ccc(S(=O)(=O)NC[C@@H]2CCCO2)cc1. The summed E-state index contributed by atoms with van der Waals surface area (Å²) in [6.45, 7) is 0.990. The number of carbonyl (C=O) groups excluding carboxylic acids is 1. The summed E-state index contributed by atoms with van der Waals surface area (Å²) < 4.78 is 32.6. The first-order chi connectivity index (χ1) is 12.0. The van der Waals surface area contributed by atoms with Crippen molar-refractivity contribution in [2.45, 2.75) is 55.9 Å². The highest BCUT2D eigenvalue weighted by Gasteiger charge is 2.21. The average molecular weight is 366 g/mol. The number of anilines is 1. The number of rotatable bonds is 7. The molecule has 0 spiro atoms. The summed E-state index contributed by atoms with van der Waals surface area (Å²) in [5.41, 5.74) is 0.626. The van der Waals surface area contributed by atoms with Crippen molar-refractivity contribution in [1.29, 1.82) is 0 Å². The van der Waals surface area contributed by atoms with E-state index in [0.717, 1.165) is 25.7 Å². The molecule has 6 nitrogen and oxygen atoms in total. The van der Waals surface area contributed by atoms with Crippen molar-refractivity contribution in [2.24, 2.45) is 5.92 Å². The topological polar surface area (TPSA) is 84.5 Å². The quantitative estimate of drug-likeness (QED) is 0.777. The number of carbonyl (C=O) groups is 1. The largest absolute Gasteiger partial charge is 0.377 e. The molecule has 1 heterocycles. The lowest BCUT2D eigenvalue weighted by molar-refractivity contribution is -0.117. The van der Waals surface area contributed by atoms with Gasteiger partial charge in [-0.15, -0.1) is 0 Å². The third kappa shape index (κ3) is 5.26. The molecule has 3 rings (SSSR count). The van der Waals surface area contributed by atoms with Gasteiger partial charge < -0.3 is 10.1 Å². The summed E-state index contributed by atoms with van der Waals surface area (Å²) in [5.74, 6) is 0.487. The molecule has 0 aromatic heterocycles. The van der Waals surface area contributed by atoms with Crippen LogP contribution in [-0.2, 0) is 19.6 Å². The van der Waals surface area contributed by atoms with E-state index in [1.807, 2.05) is 0 Å². The molecule has 1 aliphatic carbocycles. The van der Waals surface area contributed by atoms with Crippen LogP contribution in [0.2, 0.25) is 0 Å². The summed E-state index contributed by atoms with van der Waals surface area (Å²) in [4.78, 5) is 12.2. The van der Waals surface area contributed by atoms with Crippen LogP contribution in [0.15, 0.2) is 29.2 Å². The monoisotopic (exact) mass is 366 g/mol. The molecule has 138 valence electrons. The Balaban J connectivity index is 1.52. The standard InChI is InChI=1S/C18H26N2O4S/c21-18(12-14-4-1-2-5-14)20-15-7-9-17(10-8-15)25(22,23)19-13-16-6-3-11-24-16/h7-10,14,16,19H,1-6,11-13H2,(H,20,21)/t16-/m0/s1. The molecule has 0 unspecified atom stereocenters. The van der Waals surface area contributed by atoms with Gasteiger partial charge in [0.1, 0.15) is 0 Å². The second-order valence-corrected chi connectivity index (χ2v) is 8.68. The van der Waals surface area contributed by atoms with Crippen LogP contribution in [-0.4, -0.2) is 33.6 Å². The maximum absolute atomic E-state index is 12.3. The molecule has 1 saturated heterocycles. The zero-order chi connectivity index (χ0) is 17.7. The van der Waals surface area contributed by atoms with Crippen LogP contribution in [0.3, 0.4) is 0 Å². The van der Waals surface area contributed by atoms with E-state index in [9.17, 15) is 13.2 Å². The Morgan fingerprint density at radius 2 is 1.80 bits per heavy atom. The smallest absolute Gasteiger partial charge is 0.240 e. The molecule has 0 radical (unpaired) electrons. The molecule has 25 heavy (non-hydrogen) atoms. The summed E-state index contributed by atoms with van der Waals surface area (Å²) in [6, 6.07) is 6.30. The Bertz CT molecular complexity index is 676. The summed E-state index contributed by atoms with van der Waals surface area (Å²) in [5, 5.41) is 2.85. The van der Waals surface area contributed by atoms with Gasteiger partial charge in [0.15, 0.2) is 0 Å². The minimum absolute atomic E-state index is 0.000913. The first kappa shape index (κ1) is 18.4. The van der Waals surface area contributed by atoms with Crippen LogP contribution >= 0.6 is 0 Å². The van der Waals surface area contributed by atoms with Crippen molar-refractivity contribution in [1.82, 2.24) is 4.72 Å². The first-order valence-electron chi connectivity index (χ1n) is 9.04. The highest BCUT2D eigenvalue weighted by molar-refractivity contribution is 7.89. The van der Waals surface area contributed by atoms with Gasteiger partial charge in [-0.1, -0.05) is 12.8 Å². The molecule has 7 heteroatoms. The lowest BCUT2D eigenvalue weighted by Gasteiger charge is -2.12. The lowest BCUT2D eigenvalue weighted by Crippen LogP contribution is -2.31. The Hall–Kier alpha value is -1.44. The van der Waals surface area contributed by atoms with Crippen molar-refractivity contribution in [3.05, 3.63) is 24.3 Å². The van der Waals surface area contributed by atoms with Gasteiger partial charge in [-0.2, -0.15) is 0 Å². The molecule has 1 atom stereocenters. The summed E-state index contributed by atoms with van der Waals surface area (Å²) >= 11 is 0. The van der Waals surface area contributed by atoms with Gasteiger partial charge in [0.2, 0.25) is 15.9 Å².